The molecule has 1 unspecified atom stereocenters. The molecule has 3 rings (SSSR count). The zero-order valence-electron chi connectivity index (χ0n) is 20.5. The number of unbranched alkanes of at least 4 members (excludes halogenated alkanes) is 5. The molecule has 0 radical (unpaired) electrons. The van der Waals surface area contributed by atoms with Crippen molar-refractivity contribution in [2.75, 3.05) is 0 Å². The Hall–Kier alpha value is -3.20. The first-order valence-electron chi connectivity index (χ1n) is 12.5. The fraction of sp³-hybridized carbons (Fsp3) is 0.444. The predicted octanol–water partition coefficient (Wildman–Crippen LogP) is 5.58. The van der Waals surface area contributed by atoms with E-state index in [1.165, 1.54) is 35.9 Å². The summed E-state index contributed by atoms with van der Waals surface area (Å²) in [5.74, 6) is -1.84. The molecule has 0 bridgehead atoms. The van der Waals surface area contributed by atoms with Crippen molar-refractivity contribution < 1.29 is 19.8 Å². The van der Waals surface area contributed by atoms with Gasteiger partial charge in [0.2, 0.25) is 5.16 Å². The van der Waals surface area contributed by atoms with E-state index in [-0.39, 0.29) is 6.42 Å². The first-order chi connectivity index (χ1) is 17.5. The van der Waals surface area contributed by atoms with E-state index in [1.807, 2.05) is 30.3 Å². The van der Waals surface area contributed by atoms with Crippen LogP contribution >= 0.6 is 11.8 Å². The Bertz CT molecular complexity index is 1090. The number of hydrogen-bond donors (Lipinski definition) is 2. The van der Waals surface area contributed by atoms with Gasteiger partial charge in [0.1, 0.15) is 5.25 Å². The summed E-state index contributed by atoms with van der Waals surface area (Å²) < 4.78 is 1.48. The maximum atomic E-state index is 12.2. The Kier molecular flexibility index (Phi) is 11.4. The number of benzene rings is 2. The monoisotopic (exact) mass is 510 g/mol. The van der Waals surface area contributed by atoms with Crippen LogP contribution in [0, 0.1) is 0 Å². The van der Waals surface area contributed by atoms with E-state index in [1.54, 1.807) is 0 Å². The van der Waals surface area contributed by atoms with Crippen molar-refractivity contribution in [2.45, 2.75) is 81.2 Å². The molecule has 0 saturated heterocycles. The third-order valence-electron chi connectivity index (χ3n) is 6.05. The molecule has 0 saturated carbocycles. The van der Waals surface area contributed by atoms with Gasteiger partial charge in [-0.3, -0.25) is 9.59 Å². The lowest BCUT2D eigenvalue weighted by molar-refractivity contribution is -0.137. The molecule has 0 amide bonds. The number of nitrogens with zero attached hydrogens (tertiary/aromatic N) is 4. The number of rotatable bonds is 17. The maximum absolute atomic E-state index is 12.2. The minimum absolute atomic E-state index is 0.00217. The molecule has 0 aliphatic carbocycles. The van der Waals surface area contributed by atoms with Crippen LogP contribution in [0.25, 0.3) is 0 Å². The van der Waals surface area contributed by atoms with Crippen molar-refractivity contribution in [1.82, 2.24) is 20.2 Å². The number of aliphatic carboxylic acids is 2. The lowest BCUT2D eigenvalue weighted by atomic mass is 9.98. The van der Waals surface area contributed by atoms with Gasteiger partial charge >= 0.3 is 11.9 Å². The summed E-state index contributed by atoms with van der Waals surface area (Å²) in [6, 6.07) is 18.3. The van der Waals surface area contributed by atoms with Crippen LogP contribution in [0.2, 0.25) is 0 Å². The molecule has 9 heteroatoms. The lowest BCUT2D eigenvalue weighted by Gasteiger charge is -2.16. The first kappa shape index (κ1) is 27.4. The normalized spacial score (nSPS) is 11.9. The lowest BCUT2D eigenvalue weighted by Crippen LogP contribution is -2.13. The van der Waals surface area contributed by atoms with Crippen LogP contribution in [0.15, 0.2) is 59.8 Å². The molecule has 1 aromatic heterocycles. The summed E-state index contributed by atoms with van der Waals surface area (Å²) in [7, 11) is 0. The van der Waals surface area contributed by atoms with Gasteiger partial charge in [-0.2, -0.15) is 0 Å². The number of carbonyl (C=O) groups is 2. The summed E-state index contributed by atoms with van der Waals surface area (Å²) in [6.07, 6.45) is 9.29. The van der Waals surface area contributed by atoms with Gasteiger partial charge in [0, 0.05) is 13.0 Å². The van der Waals surface area contributed by atoms with Gasteiger partial charge in [-0.05, 0) is 59.2 Å². The molecule has 1 heterocycles. The Balaban J connectivity index is 1.48. The van der Waals surface area contributed by atoms with Gasteiger partial charge in [-0.15, -0.1) is 5.10 Å². The quantitative estimate of drug-likeness (QED) is 0.178. The highest BCUT2D eigenvalue weighted by Crippen LogP contribution is 2.36. The van der Waals surface area contributed by atoms with E-state index in [9.17, 15) is 14.7 Å². The van der Waals surface area contributed by atoms with Crippen LogP contribution < -0.4 is 0 Å². The topological polar surface area (TPSA) is 118 Å². The maximum Gasteiger partial charge on any atom is 0.321 e. The molecule has 3 aromatic rings. The average molecular weight is 511 g/mol. The van der Waals surface area contributed by atoms with E-state index in [0.29, 0.717) is 18.1 Å². The van der Waals surface area contributed by atoms with E-state index in [2.05, 4.69) is 39.8 Å². The van der Waals surface area contributed by atoms with Crippen LogP contribution in [0.4, 0.5) is 0 Å². The second-order valence-corrected chi connectivity index (χ2v) is 9.90. The molecule has 0 aliphatic rings. The van der Waals surface area contributed by atoms with Crippen molar-refractivity contribution >= 4 is 23.7 Å². The number of thioether (sulfide) groups is 1. The van der Waals surface area contributed by atoms with Gasteiger partial charge in [-0.25, -0.2) is 4.68 Å². The van der Waals surface area contributed by atoms with E-state index >= 15 is 0 Å². The van der Waals surface area contributed by atoms with Crippen molar-refractivity contribution in [1.29, 1.82) is 0 Å². The molecule has 0 aliphatic heterocycles. The van der Waals surface area contributed by atoms with Crippen molar-refractivity contribution in [3.05, 3.63) is 71.3 Å². The smallest absolute Gasteiger partial charge is 0.321 e. The number of tetrazole rings is 1. The summed E-state index contributed by atoms with van der Waals surface area (Å²) in [5, 5.41) is 29.9. The molecule has 0 spiro atoms. The van der Waals surface area contributed by atoms with Gasteiger partial charge < -0.3 is 10.2 Å². The molecule has 36 heavy (non-hydrogen) atoms. The molecule has 1 atom stereocenters. The van der Waals surface area contributed by atoms with E-state index < -0.39 is 17.2 Å². The Morgan fingerprint density at radius 2 is 1.50 bits per heavy atom. The summed E-state index contributed by atoms with van der Waals surface area (Å²) in [4.78, 5) is 23.0. The summed E-state index contributed by atoms with van der Waals surface area (Å²) in [5.41, 5.74) is 3.19. The van der Waals surface area contributed by atoms with Gasteiger partial charge in [0.05, 0.1) is 0 Å². The molecule has 2 N–H and O–H groups in total. The summed E-state index contributed by atoms with van der Waals surface area (Å²) >= 11 is 1.09. The molecular weight excluding hydrogens is 476 g/mol. The number of carboxylic acids is 2. The summed E-state index contributed by atoms with van der Waals surface area (Å²) in [6.45, 7) is 0.320. The third-order valence-corrected chi connectivity index (χ3v) is 7.24. The fourth-order valence-corrected chi connectivity index (χ4v) is 5.17. The standard InChI is InChI=1S/C27H34N4O4S/c32-24(33)19-12-20-31-27(28-29-30-31)36-25(26(34)35)23-18-11-10-17-22(23)16-9-4-2-1-3-6-13-21-14-7-5-8-15-21/h5,7-8,10-11,14-15,17-18,25H,1-4,6,9,12-13,16,19-20H2,(H,32,33)(H,34,35). The number of aryl methyl sites for hydroxylation is 3. The third kappa shape index (κ3) is 9.11. The average Bonchev–Trinajstić information content (AvgIpc) is 3.31. The molecular formula is C27H34N4O4S. The second kappa shape index (κ2) is 15.0. The van der Waals surface area contributed by atoms with Crippen LogP contribution in [0.3, 0.4) is 0 Å². The fourth-order valence-electron chi connectivity index (χ4n) is 4.17. The number of carboxylic acid groups (broad SMARTS) is 2. The van der Waals surface area contributed by atoms with Crippen molar-refractivity contribution in [3.63, 3.8) is 0 Å². The minimum atomic E-state index is -0.953. The Morgan fingerprint density at radius 1 is 0.833 bits per heavy atom. The first-order valence-corrected chi connectivity index (χ1v) is 13.4. The van der Waals surface area contributed by atoms with Crippen LogP contribution in [-0.4, -0.2) is 42.4 Å². The molecule has 192 valence electrons. The minimum Gasteiger partial charge on any atom is -0.481 e. The Morgan fingerprint density at radius 3 is 2.22 bits per heavy atom. The zero-order chi connectivity index (χ0) is 25.6. The van der Waals surface area contributed by atoms with Crippen LogP contribution in [0.5, 0.6) is 0 Å². The highest BCUT2D eigenvalue weighted by molar-refractivity contribution is 8.00. The Labute approximate surface area is 216 Å². The number of aromatic nitrogens is 4. The predicted molar refractivity (Wildman–Crippen MR) is 139 cm³/mol. The highest BCUT2D eigenvalue weighted by Gasteiger charge is 2.26. The van der Waals surface area contributed by atoms with Crippen molar-refractivity contribution in [2.24, 2.45) is 0 Å². The van der Waals surface area contributed by atoms with E-state index in [4.69, 9.17) is 5.11 Å². The zero-order valence-corrected chi connectivity index (χ0v) is 21.3. The van der Waals surface area contributed by atoms with Crippen LogP contribution in [-0.2, 0) is 29.0 Å². The highest BCUT2D eigenvalue weighted by atomic mass is 32.2. The SMILES string of the molecule is O=C(O)CCCn1nnnc1SC(C(=O)O)c1ccccc1CCCCCCCCc1ccccc1. The van der Waals surface area contributed by atoms with Gasteiger partial charge in [-0.1, -0.05) is 92.0 Å². The van der Waals surface area contributed by atoms with E-state index in [0.717, 1.165) is 48.6 Å². The number of hydrogen-bond acceptors (Lipinski definition) is 6. The van der Waals surface area contributed by atoms with Crippen LogP contribution in [0.1, 0.15) is 73.3 Å². The molecule has 8 nitrogen and oxygen atoms in total. The molecule has 0 fully saturated rings. The van der Waals surface area contributed by atoms with Gasteiger partial charge in [0.15, 0.2) is 0 Å². The largest absolute Gasteiger partial charge is 0.481 e. The second-order valence-electron chi connectivity index (χ2n) is 8.82. The van der Waals surface area contributed by atoms with Gasteiger partial charge in [0.25, 0.3) is 0 Å². The van der Waals surface area contributed by atoms with Crippen molar-refractivity contribution in [3.8, 4) is 0 Å². The molecule has 2 aromatic carbocycles.